The molecule has 1 unspecified atom stereocenters. The molecular weight excluding hydrogens is 306 g/mol. The first-order chi connectivity index (χ1) is 11.7. The van der Waals surface area contributed by atoms with Gasteiger partial charge in [-0.2, -0.15) is 0 Å². The molecule has 1 aromatic rings. The Morgan fingerprint density at radius 2 is 2.21 bits per heavy atom. The normalized spacial score (nSPS) is 17.9. The lowest BCUT2D eigenvalue weighted by atomic mass is 10.2. The standard InChI is InChI=1S/C11H19N3O.C7H6O2/c1-4-11(8-12-2)15-9-10-7-13-5-6-14(10)3;8-6-9-7-4-2-1-3-5-7/h4,8,10,13H,1-2,5-7,9H2,3H3;1-6H/b11-8+;. The number of carbonyl (C=O) groups excluding carboxylic acids is 1. The number of para-hydroxylation sites is 1. The Morgan fingerprint density at radius 1 is 1.46 bits per heavy atom. The Morgan fingerprint density at radius 3 is 2.79 bits per heavy atom. The number of nitrogens with one attached hydrogen (secondary N) is 1. The summed E-state index contributed by atoms with van der Waals surface area (Å²) in [5.41, 5.74) is 0. The smallest absolute Gasteiger partial charge is 0.298 e. The third-order valence-corrected chi connectivity index (χ3v) is 3.43. The van der Waals surface area contributed by atoms with Crippen molar-refractivity contribution in [1.82, 2.24) is 10.2 Å². The minimum Gasteiger partial charge on any atom is -0.490 e. The summed E-state index contributed by atoms with van der Waals surface area (Å²) in [5.74, 6) is 1.25. The molecule has 1 saturated heterocycles. The molecule has 0 aromatic heterocycles. The van der Waals surface area contributed by atoms with E-state index in [2.05, 4.69) is 40.3 Å². The van der Waals surface area contributed by atoms with Gasteiger partial charge in [0.05, 0.1) is 12.2 Å². The van der Waals surface area contributed by atoms with Crippen molar-refractivity contribution in [3.63, 3.8) is 0 Å². The van der Waals surface area contributed by atoms with Crippen molar-refractivity contribution in [3.05, 3.63) is 54.9 Å². The third kappa shape index (κ3) is 7.71. The number of hydrogen-bond acceptors (Lipinski definition) is 6. The Kier molecular flexibility index (Phi) is 9.84. The minimum atomic E-state index is 0.409. The summed E-state index contributed by atoms with van der Waals surface area (Å²) in [6, 6.07) is 9.31. The molecule has 0 saturated carbocycles. The van der Waals surface area contributed by atoms with Gasteiger partial charge in [0.2, 0.25) is 0 Å². The molecule has 1 atom stereocenters. The molecular formula is C18H25N3O3. The van der Waals surface area contributed by atoms with Crippen LogP contribution in [0.5, 0.6) is 5.75 Å². The van der Waals surface area contributed by atoms with Gasteiger partial charge in [0, 0.05) is 19.6 Å². The number of carbonyl (C=O) groups is 1. The number of benzene rings is 1. The molecule has 1 aliphatic rings. The number of aliphatic imine (C=N–C) groups is 1. The van der Waals surface area contributed by atoms with Crippen LogP contribution in [0.25, 0.3) is 0 Å². The third-order valence-electron chi connectivity index (χ3n) is 3.43. The highest BCUT2D eigenvalue weighted by Crippen LogP contribution is 2.06. The van der Waals surface area contributed by atoms with Crippen LogP contribution in [0.3, 0.4) is 0 Å². The summed E-state index contributed by atoms with van der Waals surface area (Å²) in [5, 5.41) is 3.34. The Balaban J connectivity index is 0.000000272. The quantitative estimate of drug-likeness (QED) is 0.358. The monoisotopic (exact) mass is 331 g/mol. The van der Waals surface area contributed by atoms with Gasteiger partial charge in [0.1, 0.15) is 18.1 Å². The second kappa shape index (κ2) is 12.0. The molecule has 0 spiro atoms. The van der Waals surface area contributed by atoms with Crippen molar-refractivity contribution in [2.45, 2.75) is 6.04 Å². The summed E-state index contributed by atoms with van der Waals surface area (Å²) in [6.07, 6.45) is 3.22. The van der Waals surface area contributed by atoms with Gasteiger partial charge in [-0.05, 0) is 32.0 Å². The lowest BCUT2D eigenvalue weighted by Gasteiger charge is -2.32. The molecule has 6 heteroatoms. The fourth-order valence-electron chi connectivity index (χ4n) is 2.03. The highest BCUT2D eigenvalue weighted by atomic mass is 16.5. The van der Waals surface area contributed by atoms with Gasteiger partial charge in [-0.15, -0.1) is 0 Å². The number of allylic oxidation sites excluding steroid dienone is 1. The van der Waals surface area contributed by atoms with E-state index in [4.69, 9.17) is 4.74 Å². The highest BCUT2D eigenvalue weighted by Gasteiger charge is 2.18. The first kappa shape index (κ1) is 19.6. The summed E-state index contributed by atoms with van der Waals surface area (Å²) in [6.45, 7) is 11.2. The number of nitrogens with zero attached hydrogens (tertiary/aromatic N) is 2. The van der Waals surface area contributed by atoms with Crippen molar-refractivity contribution < 1.29 is 14.3 Å². The summed E-state index contributed by atoms with van der Waals surface area (Å²) in [4.78, 5) is 15.7. The number of ether oxygens (including phenoxy) is 2. The zero-order valence-electron chi connectivity index (χ0n) is 14.1. The lowest BCUT2D eigenvalue weighted by molar-refractivity contribution is -0.120. The van der Waals surface area contributed by atoms with Crippen LogP contribution in [0.15, 0.2) is 59.9 Å². The van der Waals surface area contributed by atoms with E-state index in [1.807, 2.05) is 6.07 Å². The second-order valence-electron chi connectivity index (χ2n) is 5.09. The molecule has 1 heterocycles. The van der Waals surface area contributed by atoms with Crippen LogP contribution in [-0.4, -0.2) is 57.4 Å². The second-order valence-corrected chi connectivity index (χ2v) is 5.09. The van der Waals surface area contributed by atoms with Gasteiger partial charge in [-0.3, -0.25) is 14.7 Å². The molecule has 24 heavy (non-hydrogen) atoms. The molecule has 0 amide bonds. The van der Waals surface area contributed by atoms with E-state index in [1.165, 1.54) is 0 Å². The summed E-state index contributed by atoms with van der Waals surface area (Å²) >= 11 is 0. The van der Waals surface area contributed by atoms with E-state index in [9.17, 15) is 4.79 Å². The maximum Gasteiger partial charge on any atom is 0.298 e. The fraction of sp³-hybridized carbons (Fsp3) is 0.333. The Hall–Kier alpha value is -2.44. The van der Waals surface area contributed by atoms with Gasteiger partial charge in [0.15, 0.2) is 0 Å². The summed E-state index contributed by atoms with van der Waals surface area (Å²) < 4.78 is 10.1. The maximum absolute atomic E-state index is 9.75. The molecule has 6 nitrogen and oxygen atoms in total. The van der Waals surface area contributed by atoms with Gasteiger partial charge in [0.25, 0.3) is 6.47 Å². The minimum absolute atomic E-state index is 0.409. The first-order valence-electron chi connectivity index (χ1n) is 7.68. The van der Waals surface area contributed by atoms with Crippen LogP contribution >= 0.6 is 0 Å². The molecule has 0 bridgehead atoms. The van der Waals surface area contributed by atoms with Crippen molar-refractivity contribution in [1.29, 1.82) is 0 Å². The van der Waals surface area contributed by atoms with E-state index in [-0.39, 0.29) is 0 Å². The van der Waals surface area contributed by atoms with Crippen LogP contribution in [0.4, 0.5) is 0 Å². The van der Waals surface area contributed by atoms with E-state index in [1.54, 1.807) is 36.5 Å². The molecule has 1 N–H and O–H groups in total. The number of hydrogen-bond donors (Lipinski definition) is 1. The molecule has 1 aliphatic heterocycles. The Labute approximate surface area is 143 Å². The van der Waals surface area contributed by atoms with Gasteiger partial charge < -0.3 is 14.8 Å². The van der Waals surface area contributed by atoms with Crippen molar-refractivity contribution in [2.75, 3.05) is 33.3 Å². The van der Waals surface area contributed by atoms with Crippen LogP contribution in [-0.2, 0) is 9.53 Å². The summed E-state index contributed by atoms with van der Waals surface area (Å²) in [7, 11) is 2.11. The lowest BCUT2D eigenvalue weighted by Crippen LogP contribution is -2.51. The van der Waals surface area contributed by atoms with Crippen molar-refractivity contribution in [3.8, 4) is 5.75 Å². The van der Waals surface area contributed by atoms with E-state index >= 15 is 0 Å². The van der Waals surface area contributed by atoms with E-state index < -0.39 is 0 Å². The largest absolute Gasteiger partial charge is 0.490 e. The number of piperazine rings is 1. The van der Waals surface area contributed by atoms with Crippen LogP contribution < -0.4 is 10.1 Å². The van der Waals surface area contributed by atoms with Gasteiger partial charge >= 0.3 is 0 Å². The predicted molar refractivity (Wildman–Crippen MR) is 96.2 cm³/mol. The van der Waals surface area contributed by atoms with Crippen LogP contribution in [0.2, 0.25) is 0 Å². The van der Waals surface area contributed by atoms with E-state index in [0.29, 0.717) is 30.6 Å². The van der Waals surface area contributed by atoms with Gasteiger partial charge in [-0.1, -0.05) is 24.8 Å². The van der Waals surface area contributed by atoms with Crippen molar-refractivity contribution >= 4 is 13.2 Å². The van der Waals surface area contributed by atoms with Crippen molar-refractivity contribution in [2.24, 2.45) is 4.99 Å². The topological polar surface area (TPSA) is 63.2 Å². The zero-order chi connectivity index (χ0) is 17.6. The molecule has 1 aromatic carbocycles. The molecule has 130 valence electrons. The average molecular weight is 331 g/mol. The molecule has 0 aliphatic carbocycles. The zero-order valence-corrected chi connectivity index (χ0v) is 14.1. The SMILES string of the molecule is C=C/C(=C\N=C)OCC1CNCCN1C.O=COc1ccccc1. The van der Waals surface area contributed by atoms with Gasteiger partial charge in [-0.25, -0.2) is 0 Å². The fourth-order valence-corrected chi connectivity index (χ4v) is 2.03. The Bertz CT molecular complexity index is 532. The van der Waals surface area contributed by atoms with Crippen LogP contribution in [0.1, 0.15) is 0 Å². The van der Waals surface area contributed by atoms with E-state index in [0.717, 1.165) is 19.6 Å². The molecule has 0 radical (unpaired) electrons. The number of rotatable bonds is 7. The molecule has 2 rings (SSSR count). The first-order valence-corrected chi connectivity index (χ1v) is 7.68. The maximum atomic E-state index is 9.75. The predicted octanol–water partition coefficient (Wildman–Crippen LogP) is 1.86. The van der Waals surface area contributed by atoms with Crippen LogP contribution in [0, 0.1) is 0 Å². The number of likely N-dealkylation sites (N-methyl/N-ethyl adjacent to an activating group) is 1. The highest BCUT2D eigenvalue weighted by molar-refractivity contribution is 5.44. The average Bonchev–Trinajstić information content (AvgIpc) is 2.61. The molecule has 1 fully saturated rings.